The molecular weight excluding hydrogens is 324 g/mol. The SMILES string of the molecule is CC1Cn2c(C(=O)NCc3ccccc3)cc3c(Cl)ccc(c32)O1. The van der Waals surface area contributed by atoms with Gasteiger partial charge in [0.15, 0.2) is 0 Å². The lowest BCUT2D eigenvalue weighted by atomic mass is 10.2. The highest BCUT2D eigenvalue weighted by Gasteiger charge is 2.25. The standard InChI is InChI=1S/C19H17ClN2O2/c1-12-11-22-16(19(23)21-10-13-5-3-2-4-6-13)9-14-15(20)7-8-17(24-12)18(14)22/h2-9,12H,10-11H2,1H3,(H,21,23). The lowest BCUT2D eigenvalue weighted by molar-refractivity contribution is 0.0937. The van der Waals surface area contributed by atoms with Crippen LogP contribution in [0.5, 0.6) is 5.75 Å². The van der Waals surface area contributed by atoms with Gasteiger partial charge in [0.25, 0.3) is 5.91 Å². The highest BCUT2D eigenvalue weighted by atomic mass is 35.5. The molecule has 122 valence electrons. The summed E-state index contributed by atoms with van der Waals surface area (Å²) in [6, 6.07) is 15.4. The van der Waals surface area contributed by atoms with E-state index in [9.17, 15) is 4.79 Å². The predicted molar refractivity (Wildman–Crippen MR) is 94.7 cm³/mol. The van der Waals surface area contributed by atoms with Crippen LogP contribution in [0, 0.1) is 0 Å². The Hall–Kier alpha value is -2.46. The van der Waals surface area contributed by atoms with Crippen molar-refractivity contribution in [3.63, 3.8) is 0 Å². The first-order valence-corrected chi connectivity index (χ1v) is 8.32. The molecule has 1 unspecified atom stereocenters. The van der Waals surface area contributed by atoms with Gasteiger partial charge in [-0.15, -0.1) is 0 Å². The fourth-order valence-electron chi connectivity index (χ4n) is 3.17. The summed E-state index contributed by atoms with van der Waals surface area (Å²) >= 11 is 6.31. The number of halogens is 1. The van der Waals surface area contributed by atoms with Crippen LogP contribution in [0.3, 0.4) is 0 Å². The van der Waals surface area contributed by atoms with Crippen LogP contribution in [-0.2, 0) is 13.1 Å². The zero-order valence-corrected chi connectivity index (χ0v) is 14.0. The number of carbonyl (C=O) groups is 1. The molecule has 1 aromatic heterocycles. The summed E-state index contributed by atoms with van der Waals surface area (Å²) in [5.74, 6) is 0.668. The summed E-state index contributed by atoms with van der Waals surface area (Å²) in [4.78, 5) is 12.7. The number of aromatic nitrogens is 1. The second-order valence-corrected chi connectivity index (χ2v) is 6.45. The Morgan fingerprint density at radius 3 is 2.88 bits per heavy atom. The molecule has 0 bridgehead atoms. The van der Waals surface area contributed by atoms with Crippen molar-refractivity contribution in [1.82, 2.24) is 9.88 Å². The van der Waals surface area contributed by atoms with Crippen molar-refractivity contribution in [2.24, 2.45) is 0 Å². The first-order chi connectivity index (χ1) is 11.6. The Bertz CT molecular complexity index is 918. The Balaban J connectivity index is 1.69. The largest absolute Gasteiger partial charge is 0.487 e. The average Bonchev–Trinajstić information content (AvgIpc) is 2.97. The number of nitrogens with one attached hydrogen (secondary N) is 1. The predicted octanol–water partition coefficient (Wildman–Crippen LogP) is 4.01. The summed E-state index contributed by atoms with van der Waals surface area (Å²) in [6.07, 6.45) is 0.00921. The molecule has 0 saturated carbocycles. The molecule has 2 aromatic carbocycles. The maximum atomic E-state index is 12.7. The van der Waals surface area contributed by atoms with Gasteiger partial charge in [-0.3, -0.25) is 4.79 Å². The lowest BCUT2D eigenvalue weighted by Gasteiger charge is -2.24. The molecule has 1 aliphatic rings. The van der Waals surface area contributed by atoms with Gasteiger partial charge in [-0.1, -0.05) is 41.9 Å². The van der Waals surface area contributed by atoms with Gasteiger partial charge in [0, 0.05) is 11.9 Å². The Morgan fingerprint density at radius 2 is 2.08 bits per heavy atom. The number of nitrogens with zero attached hydrogens (tertiary/aromatic N) is 1. The van der Waals surface area contributed by atoms with Crippen LogP contribution in [0.4, 0.5) is 0 Å². The van der Waals surface area contributed by atoms with Crippen molar-refractivity contribution in [1.29, 1.82) is 0 Å². The number of amides is 1. The van der Waals surface area contributed by atoms with E-state index >= 15 is 0 Å². The van der Waals surface area contributed by atoms with Crippen molar-refractivity contribution in [3.05, 3.63) is 64.8 Å². The summed E-state index contributed by atoms with van der Waals surface area (Å²) in [7, 11) is 0. The Labute approximate surface area is 145 Å². The fourth-order valence-corrected chi connectivity index (χ4v) is 3.37. The summed E-state index contributed by atoms with van der Waals surface area (Å²) in [5, 5.41) is 4.47. The van der Waals surface area contributed by atoms with E-state index in [1.165, 1.54) is 0 Å². The lowest BCUT2D eigenvalue weighted by Crippen LogP contribution is -2.30. The van der Waals surface area contributed by atoms with E-state index in [1.54, 1.807) is 0 Å². The molecule has 5 heteroatoms. The number of carbonyl (C=O) groups excluding carboxylic acids is 1. The van der Waals surface area contributed by atoms with Crippen LogP contribution in [0.15, 0.2) is 48.5 Å². The topological polar surface area (TPSA) is 43.3 Å². The molecule has 4 rings (SSSR count). The normalized spacial score (nSPS) is 16.0. The van der Waals surface area contributed by atoms with Gasteiger partial charge in [-0.2, -0.15) is 0 Å². The van der Waals surface area contributed by atoms with E-state index < -0.39 is 0 Å². The summed E-state index contributed by atoms with van der Waals surface area (Å²) < 4.78 is 7.88. The molecule has 0 spiro atoms. The molecular formula is C19H17ClN2O2. The van der Waals surface area contributed by atoms with E-state index in [1.807, 2.05) is 60.0 Å². The second kappa shape index (κ2) is 5.87. The van der Waals surface area contributed by atoms with Gasteiger partial charge in [-0.05, 0) is 30.7 Å². The zero-order valence-electron chi connectivity index (χ0n) is 13.3. The fraction of sp³-hybridized carbons (Fsp3) is 0.211. The molecule has 3 aromatic rings. The van der Waals surface area contributed by atoms with Gasteiger partial charge >= 0.3 is 0 Å². The van der Waals surface area contributed by atoms with E-state index in [0.29, 0.717) is 23.8 Å². The first-order valence-electron chi connectivity index (χ1n) is 7.94. The smallest absolute Gasteiger partial charge is 0.268 e. The number of rotatable bonds is 3. The number of benzene rings is 2. The van der Waals surface area contributed by atoms with Crippen molar-refractivity contribution < 1.29 is 9.53 Å². The monoisotopic (exact) mass is 340 g/mol. The minimum Gasteiger partial charge on any atom is -0.487 e. The average molecular weight is 341 g/mol. The maximum absolute atomic E-state index is 12.7. The molecule has 2 heterocycles. The van der Waals surface area contributed by atoms with E-state index in [2.05, 4.69) is 5.32 Å². The second-order valence-electron chi connectivity index (χ2n) is 6.04. The van der Waals surface area contributed by atoms with Gasteiger partial charge in [0.05, 0.1) is 17.1 Å². The van der Waals surface area contributed by atoms with Crippen molar-refractivity contribution in [2.75, 3.05) is 0 Å². The van der Waals surface area contributed by atoms with Crippen LogP contribution in [0.1, 0.15) is 23.0 Å². The Morgan fingerprint density at radius 1 is 1.29 bits per heavy atom. The van der Waals surface area contributed by atoms with Crippen molar-refractivity contribution in [2.45, 2.75) is 26.1 Å². The quantitative estimate of drug-likeness (QED) is 0.783. The number of hydrogen-bond donors (Lipinski definition) is 1. The minimum absolute atomic E-state index is 0.00921. The zero-order chi connectivity index (χ0) is 16.7. The van der Waals surface area contributed by atoms with Crippen LogP contribution >= 0.6 is 11.6 Å². The Kier molecular flexibility index (Phi) is 3.69. The number of ether oxygens (including phenoxy) is 1. The molecule has 0 aliphatic carbocycles. The van der Waals surface area contributed by atoms with E-state index in [-0.39, 0.29) is 12.0 Å². The van der Waals surface area contributed by atoms with E-state index in [4.69, 9.17) is 16.3 Å². The minimum atomic E-state index is -0.105. The van der Waals surface area contributed by atoms with Gasteiger partial charge in [0.2, 0.25) is 0 Å². The number of hydrogen-bond acceptors (Lipinski definition) is 2. The highest BCUT2D eigenvalue weighted by Crippen LogP contribution is 2.37. The van der Waals surface area contributed by atoms with Gasteiger partial charge in [-0.25, -0.2) is 0 Å². The molecule has 1 amide bonds. The van der Waals surface area contributed by atoms with Crippen LogP contribution in [0.2, 0.25) is 5.02 Å². The molecule has 4 nitrogen and oxygen atoms in total. The summed E-state index contributed by atoms with van der Waals surface area (Å²) in [6.45, 7) is 3.12. The van der Waals surface area contributed by atoms with Crippen molar-refractivity contribution in [3.8, 4) is 5.75 Å². The molecule has 1 atom stereocenters. The molecule has 24 heavy (non-hydrogen) atoms. The first kappa shape index (κ1) is 15.1. The third kappa shape index (κ3) is 2.53. The van der Waals surface area contributed by atoms with Gasteiger partial charge < -0.3 is 14.6 Å². The van der Waals surface area contributed by atoms with Crippen molar-refractivity contribution >= 4 is 28.4 Å². The molecule has 1 N–H and O–H groups in total. The van der Waals surface area contributed by atoms with Gasteiger partial charge in [0.1, 0.15) is 17.5 Å². The highest BCUT2D eigenvalue weighted by molar-refractivity contribution is 6.36. The van der Waals surface area contributed by atoms with E-state index in [0.717, 1.165) is 22.2 Å². The van der Waals surface area contributed by atoms with Crippen LogP contribution in [-0.4, -0.2) is 16.6 Å². The molecule has 0 fully saturated rings. The van der Waals surface area contributed by atoms with Crippen LogP contribution < -0.4 is 10.1 Å². The third-order valence-corrected chi connectivity index (χ3v) is 4.59. The maximum Gasteiger partial charge on any atom is 0.268 e. The molecule has 0 saturated heterocycles. The van der Waals surface area contributed by atoms with Crippen LogP contribution in [0.25, 0.3) is 10.9 Å². The molecule has 0 radical (unpaired) electrons. The summed E-state index contributed by atoms with van der Waals surface area (Å²) in [5.41, 5.74) is 2.58. The molecule has 1 aliphatic heterocycles. The third-order valence-electron chi connectivity index (χ3n) is 4.26.